The molecule has 9 heteroatoms. The van der Waals surface area contributed by atoms with E-state index in [0.717, 1.165) is 16.1 Å². The van der Waals surface area contributed by atoms with Gasteiger partial charge in [0.05, 0.1) is 17.6 Å². The second-order valence-electron chi connectivity index (χ2n) is 6.92. The number of primary amides is 1. The first-order valence-electron chi connectivity index (χ1n) is 8.91. The summed E-state index contributed by atoms with van der Waals surface area (Å²) in [5, 5.41) is 10.9. The van der Waals surface area contributed by atoms with Crippen LogP contribution in [0.1, 0.15) is 32.1 Å². The van der Waals surface area contributed by atoms with Crippen molar-refractivity contribution in [2.45, 2.75) is 27.7 Å². The van der Waals surface area contributed by atoms with Gasteiger partial charge in [0.1, 0.15) is 33.3 Å². The molecule has 0 aliphatic carbocycles. The molecular weight excluding hydrogens is 388 g/mol. The van der Waals surface area contributed by atoms with Crippen LogP contribution in [0.15, 0.2) is 18.3 Å². The molecule has 0 saturated heterocycles. The number of hydrogen-bond donors (Lipinski definition) is 3. The van der Waals surface area contributed by atoms with Crippen LogP contribution in [-0.2, 0) is 0 Å². The van der Waals surface area contributed by atoms with E-state index >= 15 is 0 Å². The van der Waals surface area contributed by atoms with Gasteiger partial charge in [-0.2, -0.15) is 0 Å². The van der Waals surface area contributed by atoms with Gasteiger partial charge in [-0.25, -0.2) is 15.0 Å². The summed E-state index contributed by atoms with van der Waals surface area (Å²) in [6.45, 7) is 7.58. The van der Waals surface area contributed by atoms with Crippen molar-refractivity contribution in [1.29, 1.82) is 0 Å². The normalized spacial score (nSPS) is 11.3. The van der Waals surface area contributed by atoms with Crippen LogP contribution in [0, 0.1) is 27.7 Å². The maximum Gasteiger partial charge on any atom is 0.254 e. The van der Waals surface area contributed by atoms with Crippen molar-refractivity contribution in [1.82, 2.24) is 19.5 Å². The van der Waals surface area contributed by atoms with Crippen LogP contribution in [-0.4, -0.2) is 30.5 Å². The Balaban J connectivity index is 2.07. The van der Waals surface area contributed by atoms with Crippen molar-refractivity contribution in [3.8, 4) is 22.1 Å². The van der Waals surface area contributed by atoms with Crippen LogP contribution in [0.5, 0.6) is 5.75 Å². The van der Waals surface area contributed by atoms with Crippen molar-refractivity contribution in [2.75, 3.05) is 5.73 Å². The van der Waals surface area contributed by atoms with E-state index < -0.39 is 5.91 Å². The monoisotopic (exact) mass is 408 g/mol. The summed E-state index contributed by atoms with van der Waals surface area (Å²) < 4.78 is 1.62. The Morgan fingerprint density at radius 3 is 2.52 bits per heavy atom. The molecule has 0 aliphatic rings. The first kappa shape index (κ1) is 18.9. The molecule has 148 valence electrons. The number of phenolic OH excluding ortho intramolecular Hbond substituents is 1. The number of fused-ring (bicyclic) bond motifs is 1. The van der Waals surface area contributed by atoms with E-state index in [1.807, 2.05) is 20.8 Å². The van der Waals surface area contributed by atoms with Gasteiger partial charge in [0.2, 0.25) is 0 Å². The number of benzene rings is 1. The number of thiazole rings is 1. The minimum Gasteiger partial charge on any atom is -0.508 e. The number of amides is 1. The Morgan fingerprint density at radius 1 is 1.17 bits per heavy atom. The predicted octanol–water partition coefficient (Wildman–Crippen LogP) is 3.16. The number of nitrogens with two attached hydrogens (primary N) is 2. The second kappa shape index (κ2) is 6.56. The summed E-state index contributed by atoms with van der Waals surface area (Å²) in [7, 11) is 0. The molecule has 5 N–H and O–H groups in total. The summed E-state index contributed by atoms with van der Waals surface area (Å²) in [4.78, 5) is 27.0. The van der Waals surface area contributed by atoms with E-state index in [9.17, 15) is 9.90 Å². The molecule has 4 rings (SSSR count). The van der Waals surface area contributed by atoms with Gasteiger partial charge in [-0.15, -0.1) is 11.3 Å². The highest BCUT2D eigenvalue weighted by atomic mass is 32.1. The molecule has 1 amide bonds. The minimum atomic E-state index is -0.695. The van der Waals surface area contributed by atoms with Crippen LogP contribution >= 0.6 is 11.3 Å². The van der Waals surface area contributed by atoms with Gasteiger partial charge < -0.3 is 16.6 Å². The zero-order valence-electron chi connectivity index (χ0n) is 16.4. The van der Waals surface area contributed by atoms with Crippen LogP contribution in [0.4, 0.5) is 5.82 Å². The number of nitrogen functional groups attached to an aromatic ring is 1. The smallest absolute Gasteiger partial charge is 0.254 e. The van der Waals surface area contributed by atoms with Gasteiger partial charge in [-0.05, 0) is 39.3 Å². The fourth-order valence-electron chi connectivity index (χ4n) is 3.38. The van der Waals surface area contributed by atoms with Crippen LogP contribution < -0.4 is 11.5 Å². The number of rotatable bonds is 3. The SMILES string of the molecule is Cc1ccc(O)c(C)c1-n1c(N)c(C(N)=O)c2nc(-c3nc(C)c(C)s3)cnc21. The van der Waals surface area contributed by atoms with Crippen LogP contribution in [0.3, 0.4) is 0 Å². The van der Waals surface area contributed by atoms with Gasteiger partial charge in [0.15, 0.2) is 5.65 Å². The van der Waals surface area contributed by atoms with E-state index in [1.165, 1.54) is 11.3 Å². The van der Waals surface area contributed by atoms with E-state index in [4.69, 9.17) is 11.5 Å². The molecule has 4 aromatic rings. The van der Waals surface area contributed by atoms with E-state index in [1.54, 1.807) is 29.8 Å². The van der Waals surface area contributed by atoms with Crippen molar-refractivity contribution in [3.63, 3.8) is 0 Å². The number of anilines is 1. The second-order valence-corrected chi connectivity index (χ2v) is 8.13. The lowest BCUT2D eigenvalue weighted by molar-refractivity contribution is 0.100. The average molecular weight is 408 g/mol. The van der Waals surface area contributed by atoms with Crippen molar-refractivity contribution < 1.29 is 9.90 Å². The Hall–Kier alpha value is -3.46. The lowest BCUT2D eigenvalue weighted by Crippen LogP contribution is -2.14. The molecule has 0 unspecified atom stereocenters. The third kappa shape index (κ3) is 2.82. The Kier molecular flexibility index (Phi) is 4.27. The molecule has 0 atom stereocenters. The summed E-state index contributed by atoms with van der Waals surface area (Å²) in [6, 6.07) is 3.39. The zero-order chi connectivity index (χ0) is 21.0. The van der Waals surface area contributed by atoms with E-state index in [0.29, 0.717) is 33.1 Å². The first-order valence-corrected chi connectivity index (χ1v) is 9.73. The number of hydrogen-bond acceptors (Lipinski definition) is 7. The van der Waals surface area contributed by atoms with Crippen molar-refractivity contribution in [2.24, 2.45) is 5.73 Å². The van der Waals surface area contributed by atoms with E-state index in [-0.39, 0.29) is 17.1 Å². The number of carbonyl (C=O) groups excluding carboxylic acids is 1. The number of nitrogens with zero attached hydrogens (tertiary/aromatic N) is 4. The molecule has 3 aromatic heterocycles. The largest absolute Gasteiger partial charge is 0.508 e. The summed E-state index contributed by atoms with van der Waals surface area (Å²) >= 11 is 1.50. The van der Waals surface area contributed by atoms with Crippen LogP contribution in [0.2, 0.25) is 0 Å². The molecule has 8 nitrogen and oxygen atoms in total. The standard InChI is InChI=1S/C20H20N6O2S/c1-8-5-6-13(27)9(2)16(8)26-17(21)14(18(22)28)15-19(26)23-7-12(25-15)20-24-10(3)11(4)29-20/h5-7,27H,21H2,1-4H3,(H2,22,28). The maximum absolute atomic E-state index is 12.2. The third-order valence-electron chi connectivity index (χ3n) is 5.02. The molecular formula is C20H20N6O2S. The fourth-order valence-corrected chi connectivity index (χ4v) is 4.25. The van der Waals surface area contributed by atoms with Gasteiger partial charge in [0.25, 0.3) is 5.91 Å². The number of phenols is 1. The fraction of sp³-hybridized carbons (Fsp3) is 0.200. The predicted molar refractivity (Wildman–Crippen MR) is 114 cm³/mol. The molecule has 1 aromatic carbocycles. The van der Waals surface area contributed by atoms with E-state index in [2.05, 4.69) is 15.0 Å². The van der Waals surface area contributed by atoms with Crippen LogP contribution in [0.25, 0.3) is 27.6 Å². The van der Waals surface area contributed by atoms with Gasteiger partial charge >= 0.3 is 0 Å². The quantitative estimate of drug-likeness (QED) is 0.477. The number of aromatic hydroxyl groups is 1. The topological polar surface area (TPSA) is 133 Å². The summed E-state index contributed by atoms with van der Waals surface area (Å²) in [5.74, 6) is -0.446. The Morgan fingerprint density at radius 2 is 1.90 bits per heavy atom. The molecule has 0 aliphatic heterocycles. The highest BCUT2D eigenvalue weighted by Crippen LogP contribution is 2.36. The third-order valence-corrected chi connectivity index (χ3v) is 6.12. The minimum absolute atomic E-state index is 0.0986. The molecule has 29 heavy (non-hydrogen) atoms. The average Bonchev–Trinajstić information content (AvgIpc) is 3.15. The summed E-state index contributed by atoms with van der Waals surface area (Å²) in [6.07, 6.45) is 1.61. The first-order chi connectivity index (χ1) is 13.7. The molecule has 0 fully saturated rings. The molecule has 0 radical (unpaired) electrons. The van der Waals surface area contributed by atoms with Gasteiger partial charge in [-0.1, -0.05) is 6.07 Å². The Bertz CT molecular complexity index is 1290. The molecule has 0 bridgehead atoms. The Labute approximate surface area is 170 Å². The van der Waals surface area contributed by atoms with Crippen molar-refractivity contribution >= 4 is 34.2 Å². The molecule has 0 spiro atoms. The maximum atomic E-state index is 12.2. The lowest BCUT2D eigenvalue weighted by atomic mass is 10.1. The molecule has 0 saturated carbocycles. The number of aryl methyl sites for hydroxylation is 3. The van der Waals surface area contributed by atoms with Gasteiger partial charge in [-0.3, -0.25) is 9.36 Å². The highest BCUT2D eigenvalue weighted by molar-refractivity contribution is 7.15. The molecule has 3 heterocycles. The number of aromatic nitrogens is 4. The summed E-state index contributed by atoms with van der Waals surface area (Å²) in [5.41, 5.74) is 16.3. The number of carbonyl (C=O) groups is 1. The highest BCUT2D eigenvalue weighted by Gasteiger charge is 2.25. The lowest BCUT2D eigenvalue weighted by Gasteiger charge is -2.15. The van der Waals surface area contributed by atoms with Gasteiger partial charge in [0, 0.05) is 10.4 Å². The van der Waals surface area contributed by atoms with Crippen molar-refractivity contribution in [3.05, 3.63) is 45.6 Å². The zero-order valence-corrected chi connectivity index (χ0v) is 17.3.